The van der Waals surface area contributed by atoms with Crippen LogP contribution in [0.3, 0.4) is 0 Å². The first-order valence-corrected chi connectivity index (χ1v) is 6.75. The minimum Gasteiger partial charge on any atom is -0.481 e. The Hall–Kier alpha value is -1.60. The number of anilines is 1. The predicted octanol–water partition coefficient (Wildman–Crippen LogP) is 0.837. The molecular formula is C13H19N3O4. The summed E-state index contributed by atoms with van der Waals surface area (Å²) in [6.07, 6.45) is 1.63. The van der Waals surface area contributed by atoms with E-state index in [9.17, 15) is 0 Å². The van der Waals surface area contributed by atoms with Gasteiger partial charge in [-0.25, -0.2) is 0 Å². The van der Waals surface area contributed by atoms with Crippen molar-refractivity contribution in [3.05, 3.63) is 6.07 Å². The first kappa shape index (κ1) is 13.4. The molecule has 110 valence electrons. The van der Waals surface area contributed by atoms with E-state index in [1.807, 2.05) is 0 Å². The third-order valence-corrected chi connectivity index (χ3v) is 3.71. The van der Waals surface area contributed by atoms with Gasteiger partial charge in [-0.2, -0.15) is 9.97 Å². The van der Waals surface area contributed by atoms with Crippen molar-refractivity contribution in [3.8, 4) is 11.8 Å². The fourth-order valence-electron chi connectivity index (χ4n) is 2.58. The molecule has 0 amide bonds. The summed E-state index contributed by atoms with van der Waals surface area (Å²) in [6.45, 7) is 2.94. The molecule has 0 atom stereocenters. The van der Waals surface area contributed by atoms with Gasteiger partial charge in [-0.15, -0.1) is 0 Å². The summed E-state index contributed by atoms with van der Waals surface area (Å²) in [7, 11) is 3.16. The molecule has 3 rings (SSSR count). The molecule has 2 aliphatic heterocycles. The minimum absolute atomic E-state index is 0.389. The molecule has 2 saturated heterocycles. The summed E-state index contributed by atoms with van der Waals surface area (Å²) < 4.78 is 21.8. The average Bonchev–Trinajstić information content (AvgIpc) is 2.95. The first-order valence-electron chi connectivity index (χ1n) is 6.75. The van der Waals surface area contributed by atoms with Crippen molar-refractivity contribution in [1.29, 1.82) is 0 Å². The fraction of sp³-hybridized carbons (Fsp3) is 0.692. The summed E-state index contributed by atoms with van der Waals surface area (Å²) in [5.74, 6) is 1.23. The molecule has 1 aromatic heterocycles. The van der Waals surface area contributed by atoms with Gasteiger partial charge in [-0.1, -0.05) is 0 Å². The molecule has 0 unspecified atom stereocenters. The monoisotopic (exact) mass is 281 g/mol. The lowest BCUT2D eigenvalue weighted by atomic mass is 10.0. The van der Waals surface area contributed by atoms with E-state index < -0.39 is 0 Å². The highest BCUT2D eigenvalue weighted by Crippen LogP contribution is 2.33. The maximum absolute atomic E-state index is 5.72. The Kier molecular flexibility index (Phi) is 3.62. The van der Waals surface area contributed by atoms with Gasteiger partial charge in [-0.3, -0.25) is 0 Å². The van der Waals surface area contributed by atoms with Crippen LogP contribution >= 0.6 is 0 Å². The van der Waals surface area contributed by atoms with Crippen LogP contribution in [0.1, 0.15) is 12.8 Å². The number of aromatic nitrogens is 2. The summed E-state index contributed by atoms with van der Waals surface area (Å²) in [5, 5.41) is 0. The standard InChI is InChI=1S/C13H19N3O4/c1-17-10-9-11(18-2)15-12(14-10)16-5-3-13(4-6-16)19-7-8-20-13/h9H,3-8H2,1-2H3. The molecule has 0 aliphatic carbocycles. The van der Waals surface area contributed by atoms with Gasteiger partial charge in [0.1, 0.15) is 0 Å². The normalized spacial score (nSPS) is 21.2. The highest BCUT2D eigenvalue weighted by molar-refractivity contribution is 5.37. The lowest BCUT2D eigenvalue weighted by Gasteiger charge is -2.37. The van der Waals surface area contributed by atoms with Crippen LogP contribution < -0.4 is 14.4 Å². The minimum atomic E-state index is -0.389. The SMILES string of the molecule is COc1cc(OC)nc(N2CCC3(CC2)OCCO3)n1. The number of hydrogen-bond acceptors (Lipinski definition) is 7. The van der Waals surface area contributed by atoms with Crippen molar-refractivity contribution in [2.45, 2.75) is 18.6 Å². The Morgan fingerprint density at radius 3 is 2.10 bits per heavy atom. The molecule has 0 bridgehead atoms. The van der Waals surface area contributed by atoms with Crippen molar-refractivity contribution in [1.82, 2.24) is 9.97 Å². The van der Waals surface area contributed by atoms with Crippen LogP contribution in [0, 0.1) is 0 Å². The van der Waals surface area contributed by atoms with E-state index in [0.717, 1.165) is 25.9 Å². The molecule has 0 N–H and O–H groups in total. The summed E-state index contributed by atoms with van der Waals surface area (Å²) in [6, 6.07) is 1.66. The largest absolute Gasteiger partial charge is 0.481 e. The van der Waals surface area contributed by atoms with Crippen LogP contribution in [0.4, 0.5) is 5.95 Å². The zero-order valence-corrected chi connectivity index (χ0v) is 11.8. The topological polar surface area (TPSA) is 65.9 Å². The Labute approximate surface area is 117 Å². The highest BCUT2D eigenvalue weighted by Gasteiger charge is 2.40. The molecule has 2 fully saturated rings. The molecule has 0 radical (unpaired) electrons. The van der Waals surface area contributed by atoms with Gasteiger partial charge in [0.25, 0.3) is 0 Å². The fourth-order valence-corrected chi connectivity index (χ4v) is 2.58. The van der Waals surface area contributed by atoms with Crippen molar-refractivity contribution in [2.75, 3.05) is 45.4 Å². The van der Waals surface area contributed by atoms with E-state index in [-0.39, 0.29) is 5.79 Å². The molecule has 1 spiro atoms. The molecule has 20 heavy (non-hydrogen) atoms. The zero-order chi connectivity index (χ0) is 14.0. The van der Waals surface area contributed by atoms with Gasteiger partial charge >= 0.3 is 0 Å². The average molecular weight is 281 g/mol. The quantitative estimate of drug-likeness (QED) is 0.813. The number of piperidine rings is 1. The molecular weight excluding hydrogens is 262 g/mol. The van der Waals surface area contributed by atoms with Crippen molar-refractivity contribution < 1.29 is 18.9 Å². The second-order valence-electron chi connectivity index (χ2n) is 4.85. The molecule has 7 heteroatoms. The van der Waals surface area contributed by atoms with E-state index in [0.29, 0.717) is 30.9 Å². The molecule has 3 heterocycles. The third kappa shape index (κ3) is 2.51. The Morgan fingerprint density at radius 2 is 1.60 bits per heavy atom. The van der Waals surface area contributed by atoms with E-state index in [1.54, 1.807) is 20.3 Å². The van der Waals surface area contributed by atoms with Gasteiger partial charge in [-0.05, 0) is 0 Å². The second-order valence-corrected chi connectivity index (χ2v) is 4.85. The Morgan fingerprint density at radius 1 is 1.05 bits per heavy atom. The smallest absolute Gasteiger partial charge is 0.231 e. The molecule has 2 aliphatic rings. The first-order chi connectivity index (χ1) is 9.74. The van der Waals surface area contributed by atoms with E-state index in [4.69, 9.17) is 18.9 Å². The number of rotatable bonds is 3. The van der Waals surface area contributed by atoms with E-state index in [2.05, 4.69) is 14.9 Å². The predicted molar refractivity (Wildman–Crippen MR) is 71.2 cm³/mol. The van der Waals surface area contributed by atoms with E-state index in [1.165, 1.54) is 0 Å². The van der Waals surface area contributed by atoms with Crippen molar-refractivity contribution in [3.63, 3.8) is 0 Å². The Bertz CT molecular complexity index is 444. The molecule has 0 aromatic carbocycles. The van der Waals surface area contributed by atoms with Crippen LogP contribution in [0.2, 0.25) is 0 Å². The highest BCUT2D eigenvalue weighted by atomic mass is 16.7. The van der Waals surface area contributed by atoms with Crippen molar-refractivity contribution >= 4 is 5.95 Å². The zero-order valence-electron chi connectivity index (χ0n) is 11.8. The van der Waals surface area contributed by atoms with Crippen LogP contribution in [-0.4, -0.2) is 56.3 Å². The lowest BCUT2D eigenvalue weighted by molar-refractivity contribution is -0.169. The number of methoxy groups -OCH3 is 2. The third-order valence-electron chi connectivity index (χ3n) is 3.71. The second kappa shape index (κ2) is 5.41. The van der Waals surface area contributed by atoms with Gasteiger partial charge in [0.05, 0.1) is 33.5 Å². The van der Waals surface area contributed by atoms with Gasteiger partial charge in [0, 0.05) is 25.9 Å². The van der Waals surface area contributed by atoms with Gasteiger partial charge < -0.3 is 23.8 Å². The molecule has 0 saturated carbocycles. The van der Waals surface area contributed by atoms with Crippen molar-refractivity contribution in [2.24, 2.45) is 0 Å². The number of hydrogen-bond donors (Lipinski definition) is 0. The van der Waals surface area contributed by atoms with Gasteiger partial charge in [0.2, 0.25) is 17.7 Å². The number of ether oxygens (including phenoxy) is 4. The summed E-state index contributed by atoms with van der Waals surface area (Å²) in [4.78, 5) is 10.8. The lowest BCUT2D eigenvalue weighted by Crippen LogP contribution is -2.45. The van der Waals surface area contributed by atoms with E-state index >= 15 is 0 Å². The Balaban J connectivity index is 1.74. The van der Waals surface area contributed by atoms with Crippen LogP contribution in [0.15, 0.2) is 6.07 Å². The maximum atomic E-state index is 5.72. The van der Waals surface area contributed by atoms with Crippen LogP contribution in [0.5, 0.6) is 11.8 Å². The van der Waals surface area contributed by atoms with Crippen LogP contribution in [-0.2, 0) is 9.47 Å². The summed E-state index contributed by atoms with van der Waals surface area (Å²) >= 11 is 0. The van der Waals surface area contributed by atoms with Crippen LogP contribution in [0.25, 0.3) is 0 Å². The summed E-state index contributed by atoms with van der Waals surface area (Å²) in [5.41, 5.74) is 0. The van der Waals surface area contributed by atoms with Gasteiger partial charge in [0.15, 0.2) is 5.79 Å². The molecule has 7 nitrogen and oxygen atoms in total. The molecule has 1 aromatic rings. The number of nitrogens with zero attached hydrogens (tertiary/aromatic N) is 3. The maximum Gasteiger partial charge on any atom is 0.231 e.